The summed E-state index contributed by atoms with van der Waals surface area (Å²) >= 11 is 7.02. The summed E-state index contributed by atoms with van der Waals surface area (Å²) in [7, 11) is 0. The number of rotatable bonds is 3. The third-order valence-electron chi connectivity index (χ3n) is 1.97. The molecule has 1 atom stereocenters. The fourth-order valence-electron chi connectivity index (χ4n) is 0.984. The number of para-hydroxylation sites is 1. The summed E-state index contributed by atoms with van der Waals surface area (Å²) < 4.78 is 2.20. The zero-order valence-electron chi connectivity index (χ0n) is 7.77. The smallest absolute Gasteiger partial charge is 0.0631 e. The van der Waals surface area contributed by atoms with Crippen LogP contribution in [0.4, 0.5) is 5.69 Å². The first-order valence-corrected chi connectivity index (χ1v) is 5.94. The highest BCUT2D eigenvalue weighted by atomic mass is 79.9. The maximum absolute atomic E-state index is 3.51. The minimum absolute atomic E-state index is 0.495. The molecule has 1 rings (SSSR count). The van der Waals surface area contributed by atoms with E-state index in [1.807, 2.05) is 18.2 Å². The van der Waals surface area contributed by atoms with E-state index in [1.54, 1.807) is 0 Å². The Balaban J connectivity index is 2.87. The van der Waals surface area contributed by atoms with E-state index in [-0.39, 0.29) is 0 Å². The van der Waals surface area contributed by atoms with Crippen LogP contribution in [0.3, 0.4) is 0 Å². The van der Waals surface area contributed by atoms with E-state index in [0.717, 1.165) is 21.1 Å². The van der Waals surface area contributed by atoms with Gasteiger partial charge in [-0.1, -0.05) is 13.0 Å². The first-order valence-electron chi connectivity index (χ1n) is 4.35. The predicted molar refractivity (Wildman–Crippen MR) is 65.2 cm³/mol. The van der Waals surface area contributed by atoms with E-state index in [0.29, 0.717) is 6.04 Å². The van der Waals surface area contributed by atoms with Gasteiger partial charge in [-0.15, -0.1) is 0 Å². The first-order chi connectivity index (χ1) is 6.15. The molecule has 13 heavy (non-hydrogen) atoms. The Hall–Kier alpha value is -0.0200. The van der Waals surface area contributed by atoms with Crippen molar-refractivity contribution in [3.63, 3.8) is 0 Å². The van der Waals surface area contributed by atoms with Crippen LogP contribution in [-0.4, -0.2) is 6.04 Å². The fraction of sp³-hybridized carbons (Fsp3) is 0.400. The molecule has 72 valence electrons. The molecular weight excluding hydrogens is 294 g/mol. The Morgan fingerprint density at radius 1 is 1.31 bits per heavy atom. The van der Waals surface area contributed by atoms with Crippen molar-refractivity contribution in [2.24, 2.45) is 0 Å². The summed E-state index contributed by atoms with van der Waals surface area (Å²) in [4.78, 5) is 0. The van der Waals surface area contributed by atoms with Gasteiger partial charge in [0.1, 0.15) is 0 Å². The Labute approximate surface area is 96.2 Å². The van der Waals surface area contributed by atoms with Gasteiger partial charge in [-0.25, -0.2) is 0 Å². The van der Waals surface area contributed by atoms with Crippen molar-refractivity contribution in [1.29, 1.82) is 0 Å². The second-order valence-corrected chi connectivity index (χ2v) is 4.76. The summed E-state index contributed by atoms with van der Waals surface area (Å²) in [5, 5.41) is 3.43. The molecule has 3 heteroatoms. The molecule has 0 aliphatic carbocycles. The Kier molecular flexibility index (Phi) is 4.26. The number of hydrogen-bond donors (Lipinski definition) is 1. The third kappa shape index (κ3) is 2.99. The van der Waals surface area contributed by atoms with Crippen LogP contribution in [0.1, 0.15) is 20.3 Å². The second kappa shape index (κ2) is 5.01. The van der Waals surface area contributed by atoms with Crippen LogP contribution in [0.2, 0.25) is 0 Å². The predicted octanol–water partition coefficient (Wildman–Crippen LogP) is 4.42. The molecule has 0 aliphatic heterocycles. The molecule has 0 fully saturated rings. The molecule has 0 saturated heterocycles. The van der Waals surface area contributed by atoms with Gasteiger partial charge >= 0.3 is 0 Å². The van der Waals surface area contributed by atoms with Crippen molar-refractivity contribution in [1.82, 2.24) is 0 Å². The van der Waals surface area contributed by atoms with Gasteiger partial charge in [0.05, 0.1) is 5.69 Å². The molecule has 1 aromatic rings. The minimum Gasteiger partial charge on any atom is -0.381 e. The highest BCUT2D eigenvalue weighted by molar-refractivity contribution is 9.11. The lowest BCUT2D eigenvalue weighted by Gasteiger charge is -2.15. The van der Waals surface area contributed by atoms with Crippen molar-refractivity contribution < 1.29 is 0 Å². The maximum atomic E-state index is 3.51. The molecule has 1 aromatic carbocycles. The van der Waals surface area contributed by atoms with Crippen molar-refractivity contribution >= 4 is 37.5 Å². The van der Waals surface area contributed by atoms with E-state index >= 15 is 0 Å². The van der Waals surface area contributed by atoms with E-state index in [1.165, 1.54) is 0 Å². The molecule has 1 nitrogen and oxygen atoms in total. The van der Waals surface area contributed by atoms with Gasteiger partial charge in [0.2, 0.25) is 0 Å². The van der Waals surface area contributed by atoms with Crippen LogP contribution < -0.4 is 5.32 Å². The molecule has 0 aromatic heterocycles. The number of anilines is 1. The second-order valence-electron chi connectivity index (χ2n) is 3.05. The number of nitrogens with one attached hydrogen (secondary N) is 1. The molecule has 0 aliphatic rings. The van der Waals surface area contributed by atoms with E-state index < -0.39 is 0 Å². The highest BCUT2D eigenvalue weighted by Gasteiger charge is 2.06. The van der Waals surface area contributed by atoms with Gasteiger partial charge in [-0.3, -0.25) is 0 Å². The summed E-state index contributed by atoms with van der Waals surface area (Å²) in [6, 6.07) is 6.58. The molecule has 1 N–H and O–H groups in total. The number of benzene rings is 1. The Morgan fingerprint density at radius 2 is 1.85 bits per heavy atom. The monoisotopic (exact) mass is 305 g/mol. The minimum atomic E-state index is 0.495. The molecule has 0 amide bonds. The van der Waals surface area contributed by atoms with Gasteiger partial charge in [-0.05, 0) is 57.3 Å². The molecule has 1 unspecified atom stereocenters. The van der Waals surface area contributed by atoms with E-state index in [4.69, 9.17) is 0 Å². The van der Waals surface area contributed by atoms with Crippen LogP contribution in [0.5, 0.6) is 0 Å². The van der Waals surface area contributed by atoms with Gasteiger partial charge in [-0.2, -0.15) is 0 Å². The maximum Gasteiger partial charge on any atom is 0.0631 e. The lowest BCUT2D eigenvalue weighted by Crippen LogP contribution is -2.14. The van der Waals surface area contributed by atoms with Gasteiger partial charge in [0.25, 0.3) is 0 Å². The highest BCUT2D eigenvalue weighted by Crippen LogP contribution is 2.31. The third-order valence-corrected chi connectivity index (χ3v) is 3.29. The summed E-state index contributed by atoms with van der Waals surface area (Å²) in [5.74, 6) is 0. The van der Waals surface area contributed by atoms with E-state index in [2.05, 4.69) is 51.0 Å². The largest absolute Gasteiger partial charge is 0.381 e. The van der Waals surface area contributed by atoms with Crippen LogP contribution in [0.15, 0.2) is 27.1 Å². The topological polar surface area (TPSA) is 12.0 Å². The molecule has 0 radical (unpaired) electrons. The Bertz CT molecular complexity index is 266. The van der Waals surface area contributed by atoms with Crippen molar-refractivity contribution in [3.8, 4) is 0 Å². The van der Waals surface area contributed by atoms with Crippen LogP contribution in [-0.2, 0) is 0 Å². The van der Waals surface area contributed by atoms with Crippen LogP contribution in [0, 0.1) is 0 Å². The van der Waals surface area contributed by atoms with Crippen LogP contribution >= 0.6 is 31.9 Å². The summed E-state index contributed by atoms with van der Waals surface area (Å²) in [6.45, 7) is 4.34. The SMILES string of the molecule is CCC(C)Nc1c(Br)cccc1Br. The van der Waals surface area contributed by atoms with E-state index in [9.17, 15) is 0 Å². The average molecular weight is 307 g/mol. The number of halogens is 2. The van der Waals surface area contributed by atoms with Crippen molar-refractivity contribution in [3.05, 3.63) is 27.1 Å². The molecule has 0 spiro atoms. The fourth-order valence-corrected chi connectivity index (χ4v) is 2.21. The Morgan fingerprint density at radius 3 is 2.31 bits per heavy atom. The van der Waals surface area contributed by atoms with Gasteiger partial charge in [0, 0.05) is 15.0 Å². The molecule has 0 heterocycles. The van der Waals surface area contributed by atoms with Gasteiger partial charge in [0.15, 0.2) is 0 Å². The summed E-state index contributed by atoms with van der Waals surface area (Å²) in [5.41, 5.74) is 1.14. The first kappa shape index (κ1) is 11.1. The number of hydrogen-bond acceptors (Lipinski definition) is 1. The average Bonchev–Trinajstić information content (AvgIpc) is 2.11. The normalized spacial score (nSPS) is 12.6. The summed E-state index contributed by atoms with van der Waals surface area (Å²) in [6.07, 6.45) is 1.12. The zero-order valence-corrected chi connectivity index (χ0v) is 10.9. The molecular formula is C10H13Br2N. The van der Waals surface area contributed by atoms with Crippen LogP contribution in [0.25, 0.3) is 0 Å². The quantitative estimate of drug-likeness (QED) is 0.871. The standard InChI is InChI=1S/C10H13Br2N/c1-3-7(2)13-10-8(11)5-4-6-9(10)12/h4-7,13H,3H2,1-2H3. The molecule has 0 saturated carbocycles. The van der Waals surface area contributed by atoms with Gasteiger partial charge < -0.3 is 5.32 Å². The van der Waals surface area contributed by atoms with Crippen molar-refractivity contribution in [2.75, 3.05) is 5.32 Å². The zero-order chi connectivity index (χ0) is 9.84. The molecule has 0 bridgehead atoms. The van der Waals surface area contributed by atoms with Crippen molar-refractivity contribution in [2.45, 2.75) is 26.3 Å². The lowest BCUT2D eigenvalue weighted by molar-refractivity contribution is 0.763. The lowest BCUT2D eigenvalue weighted by atomic mass is 10.2.